The summed E-state index contributed by atoms with van der Waals surface area (Å²) < 4.78 is 21.1. The molecule has 1 saturated carbocycles. The molecule has 0 atom stereocenters. The van der Waals surface area contributed by atoms with Gasteiger partial charge in [0.2, 0.25) is 0 Å². The molecule has 192 valence electrons. The molecule has 1 nitrogen and oxygen atoms in total. The maximum absolute atomic E-state index is 15.1. The first-order valence-corrected chi connectivity index (χ1v) is 14.2. The Balaban J connectivity index is 1.29. The van der Waals surface area contributed by atoms with Gasteiger partial charge in [0.05, 0.1) is 11.6 Å². The van der Waals surface area contributed by atoms with Crippen LogP contribution in [0.4, 0.5) is 4.39 Å². The van der Waals surface area contributed by atoms with Crippen molar-refractivity contribution in [2.24, 2.45) is 11.8 Å². The van der Waals surface area contributed by atoms with E-state index in [2.05, 4.69) is 50.2 Å². The molecule has 0 saturated heterocycles. The summed E-state index contributed by atoms with van der Waals surface area (Å²) >= 11 is 6.47. The average molecular weight is 507 g/mol. The first-order chi connectivity index (χ1) is 17.5. The Morgan fingerprint density at radius 2 is 1.33 bits per heavy atom. The van der Waals surface area contributed by atoms with Gasteiger partial charge < -0.3 is 4.74 Å². The van der Waals surface area contributed by atoms with Gasteiger partial charge in [-0.2, -0.15) is 0 Å². The molecule has 3 aromatic rings. The Morgan fingerprint density at radius 3 is 2.00 bits per heavy atom. The van der Waals surface area contributed by atoms with E-state index in [0.717, 1.165) is 22.6 Å². The van der Waals surface area contributed by atoms with Crippen LogP contribution < -0.4 is 4.74 Å². The lowest BCUT2D eigenvalue weighted by atomic mass is 9.80. The first-order valence-electron chi connectivity index (χ1n) is 13.8. The van der Waals surface area contributed by atoms with Crippen LogP contribution in [0.5, 0.6) is 5.75 Å². The molecule has 0 unspecified atom stereocenters. The molecule has 0 spiro atoms. The van der Waals surface area contributed by atoms with Crippen molar-refractivity contribution >= 4 is 11.6 Å². The van der Waals surface area contributed by atoms with Gasteiger partial charge >= 0.3 is 0 Å². The topological polar surface area (TPSA) is 9.23 Å². The van der Waals surface area contributed by atoms with Crippen molar-refractivity contribution in [1.29, 1.82) is 0 Å². The second kappa shape index (κ2) is 13.3. The lowest BCUT2D eigenvalue weighted by Crippen LogP contribution is -2.20. The fraction of sp³-hybridized carbons (Fsp3) is 0.455. The summed E-state index contributed by atoms with van der Waals surface area (Å²) in [5, 5.41) is 0.127. The number of aryl methyl sites for hydroxylation is 1. The van der Waals surface area contributed by atoms with Crippen LogP contribution in [0.15, 0.2) is 60.7 Å². The first kappa shape index (κ1) is 26.7. The predicted octanol–water partition coefficient (Wildman–Crippen LogP) is 10.7. The smallest absolute Gasteiger partial charge is 0.184 e. The minimum atomic E-state index is -0.461. The maximum atomic E-state index is 15.1. The number of benzene rings is 3. The van der Waals surface area contributed by atoms with Crippen molar-refractivity contribution < 1.29 is 9.13 Å². The van der Waals surface area contributed by atoms with Crippen LogP contribution in [0.1, 0.15) is 76.7 Å². The maximum Gasteiger partial charge on any atom is 0.184 e. The fourth-order valence-electron chi connectivity index (χ4n) is 5.39. The third-order valence-corrected chi connectivity index (χ3v) is 8.15. The molecule has 0 N–H and O–H groups in total. The molecule has 0 amide bonds. The van der Waals surface area contributed by atoms with Crippen molar-refractivity contribution in [3.05, 3.63) is 77.1 Å². The largest absolute Gasteiger partial charge is 0.490 e. The molecular weight excluding hydrogens is 467 g/mol. The van der Waals surface area contributed by atoms with E-state index in [9.17, 15) is 0 Å². The third kappa shape index (κ3) is 7.13. The molecular formula is C33H40ClFO. The summed E-state index contributed by atoms with van der Waals surface area (Å²) in [4.78, 5) is 0. The number of unbranched alkanes of at least 4 members (excludes halogenated alkanes) is 4. The SMILES string of the molecule is CCCCCCCC1CCC(COc2ccc(-c3ccc(-c4ccc(C)cc4)cc3)c(Cl)c2F)CC1. The van der Waals surface area contributed by atoms with E-state index < -0.39 is 5.82 Å². The van der Waals surface area contributed by atoms with Crippen LogP contribution in [0.25, 0.3) is 22.3 Å². The molecule has 4 rings (SSSR count). The molecule has 1 aliphatic carbocycles. The van der Waals surface area contributed by atoms with Gasteiger partial charge in [-0.1, -0.05) is 124 Å². The second-order valence-electron chi connectivity index (χ2n) is 10.6. The van der Waals surface area contributed by atoms with E-state index in [1.54, 1.807) is 6.07 Å². The second-order valence-corrected chi connectivity index (χ2v) is 11.0. The van der Waals surface area contributed by atoms with Crippen LogP contribution in [0.2, 0.25) is 5.02 Å². The van der Waals surface area contributed by atoms with Crippen molar-refractivity contribution in [3.63, 3.8) is 0 Å². The molecule has 0 bridgehead atoms. The fourth-order valence-corrected chi connectivity index (χ4v) is 5.65. The van der Waals surface area contributed by atoms with E-state index in [0.29, 0.717) is 18.1 Å². The average Bonchev–Trinajstić information content (AvgIpc) is 2.91. The standard InChI is InChI=1S/C33H40ClFO/c1-3-4-5-6-7-8-25-11-13-26(14-12-25)23-36-31-22-21-30(32(34)33(31)35)29-19-17-28(18-20-29)27-15-9-24(2)10-16-27/h9-10,15-22,25-26H,3-8,11-14,23H2,1-2H3. The van der Waals surface area contributed by atoms with E-state index >= 15 is 4.39 Å². The third-order valence-electron chi connectivity index (χ3n) is 7.78. The normalized spacial score (nSPS) is 17.8. The molecule has 3 aromatic carbocycles. The number of rotatable bonds is 11. The van der Waals surface area contributed by atoms with Gasteiger partial charge in [0.25, 0.3) is 0 Å². The molecule has 3 heteroatoms. The molecule has 0 radical (unpaired) electrons. The van der Waals surface area contributed by atoms with Gasteiger partial charge in [-0.25, -0.2) is 4.39 Å². The minimum Gasteiger partial charge on any atom is -0.490 e. The predicted molar refractivity (Wildman–Crippen MR) is 151 cm³/mol. The van der Waals surface area contributed by atoms with Crippen molar-refractivity contribution in [3.8, 4) is 28.0 Å². The summed E-state index contributed by atoms with van der Waals surface area (Å²) in [6.45, 7) is 4.92. The van der Waals surface area contributed by atoms with Crippen LogP contribution in [0.3, 0.4) is 0 Å². The summed E-state index contributed by atoms with van der Waals surface area (Å²) in [6, 6.07) is 20.2. The number of hydrogen-bond donors (Lipinski definition) is 0. The van der Waals surface area contributed by atoms with Gasteiger partial charge in [-0.05, 0) is 60.4 Å². The quantitative estimate of drug-likeness (QED) is 0.235. The summed E-state index contributed by atoms with van der Waals surface area (Å²) in [7, 11) is 0. The number of ether oxygens (including phenoxy) is 1. The van der Waals surface area contributed by atoms with E-state index in [1.807, 2.05) is 18.2 Å². The van der Waals surface area contributed by atoms with E-state index in [-0.39, 0.29) is 10.8 Å². The zero-order valence-corrected chi connectivity index (χ0v) is 22.6. The lowest BCUT2D eigenvalue weighted by Gasteiger charge is -2.28. The minimum absolute atomic E-state index is 0.127. The van der Waals surface area contributed by atoms with Gasteiger partial charge in [0, 0.05) is 5.56 Å². The molecule has 0 aliphatic heterocycles. The van der Waals surface area contributed by atoms with Gasteiger partial charge in [0.1, 0.15) is 0 Å². The van der Waals surface area contributed by atoms with E-state index in [4.69, 9.17) is 16.3 Å². The van der Waals surface area contributed by atoms with E-state index in [1.165, 1.54) is 69.8 Å². The summed E-state index contributed by atoms with van der Waals surface area (Å²) in [5.74, 6) is 1.18. The number of hydrogen-bond acceptors (Lipinski definition) is 1. The molecule has 1 fully saturated rings. The Kier molecular flexibility index (Phi) is 9.87. The summed E-state index contributed by atoms with van der Waals surface area (Å²) in [5.41, 5.74) is 5.11. The zero-order chi connectivity index (χ0) is 25.3. The van der Waals surface area contributed by atoms with Crippen LogP contribution in [-0.4, -0.2) is 6.61 Å². The van der Waals surface area contributed by atoms with Crippen LogP contribution >= 0.6 is 11.6 Å². The Bertz CT molecular complexity index is 1080. The monoisotopic (exact) mass is 506 g/mol. The van der Waals surface area contributed by atoms with Crippen LogP contribution in [-0.2, 0) is 0 Å². The van der Waals surface area contributed by atoms with Gasteiger partial charge in [-0.15, -0.1) is 0 Å². The molecule has 0 aromatic heterocycles. The van der Waals surface area contributed by atoms with Crippen molar-refractivity contribution in [2.75, 3.05) is 6.61 Å². The highest BCUT2D eigenvalue weighted by atomic mass is 35.5. The summed E-state index contributed by atoms with van der Waals surface area (Å²) in [6.07, 6.45) is 13.1. The Morgan fingerprint density at radius 1 is 0.750 bits per heavy atom. The highest BCUT2D eigenvalue weighted by molar-refractivity contribution is 6.33. The van der Waals surface area contributed by atoms with Crippen molar-refractivity contribution in [2.45, 2.75) is 78.1 Å². The van der Waals surface area contributed by atoms with Gasteiger partial charge in [0.15, 0.2) is 11.6 Å². The highest BCUT2D eigenvalue weighted by Gasteiger charge is 2.22. The molecule has 36 heavy (non-hydrogen) atoms. The highest BCUT2D eigenvalue weighted by Crippen LogP contribution is 2.37. The van der Waals surface area contributed by atoms with Crippen molar-refractivity contribution in [1.82, 2.24) is 0 Å². The van der Waals surface area contributed by atoms with Gasteiger partial charge in [-0.3, -0.25) is 0 Å². The lowest BCUT2D eigenvalue weighted by molar-refractivity contribution is 0.173. The molecule has 0 heterocycles. The molecule has 1 aliphatic rings. The Hall–Kier alpha value is -2.32. The Labute approximate surface area is 222 Å². The zero-order valence-electron chi connectivity index (χ0n) is 21.9. The number of halogens is 2. The van der Waals surface area contributed by atoms with Crippen LogP contribution in [0, 0.1) is 24.6 Å².